The molecular weight excluding hydrogens is 440 g/mol. The molecule has 0 radical (unpaired) electrons. The molecule has 2 aromatic carbocycles. The van der Waals surface area contributed by atoms with Gasteiger partial charge < -0.3 is 9.80 Å². The molecule has 0 N–H and O–H groups in total. The summed E-state index contributed by atoms with van der Waals surface area (Å²) in [5, 5.41) is 2.71. The van der Waals surface area contributed by atoms with Crippen LogP contribution in [0.15, 0.2) is 60.0 Å². The average Bonchev–Trinajstić information content (AvgIpc) is 3.53. The van der Waals surface area contributed by atoms with Gasteiger partial charge in [0.1, 0.15) is 6.54 Å². The first-order valence-corrected chi connectivity index (χ1v) is 12.3. The van der Waals surface area contributed by atoms with Crippen molar-refractivity contribution in [3.63, 3.8) is 0 Å². The van der Waals surface area contributed by atoms with Gasteiger partial charge in [0.2, 0.25) is 5.91 Å². The minimum atomic E-state index is -0.107. The Labute approximate surface area is 197 Å². The molecule has 164 valence electrons. The molecule has 1 aromatic heterocycles. The van der Waals surface area contributed by atoms with Gasteiger partial charge in [-0.05, 0) is 73.0 Å². The van der Waals surface area contributed by atoms with Gasteiger partial charge in [-0.1, -0.05) is 41.4 Å². The van der Waals surface area contributed by atoms with Crippen LogP contribution in [0.2, 0.25) is 5.02 Å². The first-order chi connectivity index (χ1) is 15.5. The standard InChI is InChI=1S/C26H25ClN2O2S/c1-17-2-4-18(5-3-17)25-22-13-15-32-23(22)12-14-28(25)24(30)16-29(21-10-11-21)26(31)19-6-8-20(27)9-7-19/h2-9,13,15,21,25H,10-12,14,16H2,1H3. The van der Waals surface area contributed by atoms with Crippen molar-refractivity contribution in [1.29, 1.82) is 0 Å². The highest BCUT2D eigenvalue weighted by atomic mass is 35.5. The van der Waals surface area contributed by atoms with E-state index < -0.39 is 0 Å². The summed E-state index contributed by atoms with van der Waals surface area (Å²) in [6, 6.07) is 17.5. The minimum absolute atomic E-state index is 0.00152. The van der Waals surface area contributed by atoms with Crippen LogP contribution in [0.3, 0.4) is 0 Å². The number of benzene rings is 2. The van der Waals surface area contributed by atoms with Gasteiger partial charge >= 0.3 is 0 Å². The van der Waals surface area contributed by atoms with Crippen LogP contribution < -0.4 is 0 Å². The number of hydrogen-bond donors (Lipinski definition) is 0. The second kappa shape index (κ2) is 8.72. The number of carbonyl (C=O) groups is 2. The van der Waals surface area contributed by atoms with Crippen LogP contribution in [0.5, 0.6) is 0 Å². The van der Waals surface area contributed by atoms with E-state index in [2.05, 4.69) is 42.6 Å². The quantitative estimate of drug-likeness (QED) is 0.501. The largest absolute Gasteiger partial charge is 0.330 e. The highest BCUT2D eigenvalue weighted by Crippen LogP contribution is 2.38. The van der Waals surface area contributed by atoms with Gasteiger partial charge in [0.25, 0.3) is 5.91 Å². The van der Waals surface area contributed by atoms with Crippen molar-refractivity contribution in [1.82, 2.24) is 9.80 Å². The summed E-state index contributed by atoms with van der Waals surface area (Å²) in [5.74, 6) is -0.0979. The summed E-state index contributed by atoms with van der Waals surface area (Å²) in [6.45, 7) is 2.84. The number of nitrogens with zero attached hydrogens (tertiary/aromatic N) is 2. The van der Waals surface area contributed by atoms with Gasteiger partial charge in [0.05, 0.1) is 6.04 Å². The SMILES string of the molecule is Cc1ccc(C2c3ccsc3CCN2C(=O)CN(C(=O)c2ccc(Cl)cc2)C2CC2)cc1. The van der Waals surface area contributed by atoms with E-state index in [4.69, 9.17) is 11.6 Å². The van der Waals surface area contributed by atoms with Crippen molar-refractivity contribution in [3.8, 4) is 0 Å². The zero-order valence-corrected chi connectivity index (χ0v) is 19.5. The molecule has 2 aliphatic rings. The Balaban J connectivity index is 1.42. The Hall–Kier alpha value is -2.63. The molecule has 1 atom stereocenters. The monoisotopic (exact) mass is 464 g/mol. The molecule has 1 unspecified atom stereocenters. The van der Waals surface area contributed by atoms with E-state index in [9.17, 15) is 9.59 Å². The maximum absolute atomic E-state index is 13.6. The molecule has 0 saturated heterocycles. The Bertz CT molecular complexity index is 1140. The maximum atomic E-state index is 13.6. The Morgan fingerprint density at radius 1 is 1.06 bits per heavy atom. The smallest absolute Gasteiger partial charge is 0.254 e. The zero-order chi connectivity index (χ0) is 22.2. The number of thiophene rings is 1. The van der Waals surface area contributed by atoms with Gasteiger partial charge in [0.15, 0.2) is 0 Å². The number of carbonyl (C=O) groups excluding carboxylic acids is 2. The number of aryl methyl sites for hydroxylation is 1. The highest BCUT2D eigenvalue weighted by molar-refractivity contribution is 7.10. The van der Waals surface area contributed by atoms with Crippen LogP contribution in [-0.2, 0) is 11.2 Å². The second-order valence-electron chi connectivity index (χ2n) is 8.62. The van der Waals surface area contributed by atoms with Crippen molar-refractivity contribution < 1.29 is 9.59 Å². The van der Waals surface area contributed by atoms with Crippen LogP contribution in [0.4, 0.5) is 0 Å². The molecule has 6 heteroatoms. The fraction of sp³-hybridized carbons (Fsp3) is 0.308. The molecule has 32 heavy (non-hydrogen) atoms. The lowest BCUT2D eigenvalue weighted by molar-refractivity contribution is -0.134. The summed E-state index contributed by atoms with van der Waals surface area (Å²) in [5.41, 5.74) is 4.09. The lowest BCUT2D eigenvalue weighted by atomic mass is 9.92. The second-order valence-corrected chi connectivity index (χ2v) is 10.1. The molecular formula is C26H25ClN2O2S. The van der Waals surface area contributed by atoms with Gasteiger partial charge in [0, 0.05) is 28.0 Å². The van der Waals surface area contributed by atoms with Crippen LogP contribution >= 0.6 is 22.9 Å². The van der Waals surface area contributed by atoms with Crippen LogP contribution in [0.1, 0.15) is 50.8 Å². The van der Waals surface area contributed by atoms with E-state index in [1.54, 1.807) is 40.5 Å². The summed E-state index contributed by atoms with van der Waals surface area (Å²) in [4.78, 5) is 31.9. The summed E-state index contributed by atoms with van der Waals surface area (Å²) in [7, 11) is 0. The van der Waals surface area contributed by atoms with Crippen molar-refractivity contribution >= 4 is 34.8 Å². The van der Waals surface area contributed by atoms with E-state index in [0.29, 0.717) is 17.1 Å². The van der Waals surface area contributed by atoms with Crippen molar-refractivity contribution in [2.45, 2.75) is 38.3 Å². The molecule has 3 aromatic rings. The summed E-state index contributed by atoms with van der Waals surface area (Å²) >= 11 is 7.75. The molecule has 1 aliphatic carbocycles. The molecule has 2 heterocycles. The third kappa shape index (κ3) is 4.19. The topological polar surface area (TPSA) is 40.6 Å². The van der Waals surface area contributed by atoms with Crippen LogP contribution in [-0.4, -0.2) is 40.7 Å². The van der Waals surface area contributed by atoms with Gasteiger partial charge in [-0.2, -0.15) is 0 Å². The first kappa shape index (κ1) is 21.2. The molecule has 1 saturated carbocycles. The normalized spacial score (nSPS) is 17.7. The lowest BCUT2D eigenvalue weighted by Gasteiger charge is -2.37. The van der Waals surface area contributed by atoms with Crippen molar-refractivity contribution in [2.24, 2.45) is 0 Å². The Morgan fingerprint density at radius 2 is 1.78 bits per heavy atom. The summed E-state index contributed by atoms with van der Waals surface area (Å²) in [6.07, 6.45) is 2.75. The van der Waals surface area contributed by atoms with E-state index in [1.165, 1.54) is 16.0 Å². The molecule has 5 rings (SSSR count). The highest BCUT2D eigenvalue weighted by Gasteiger charge is 2.38. The molecule has 4 nitrogen and oxygen atoms in total. The van der Waals surface area contributed by atoms with Crippen molar-refractivity contribution in [3.05, 3.63) is 92.1 Å². The number of amides is 2. The number of fused-ring (bicyclic) bond motifs is 1. The molecule has 2 amide bonds. The number of hydrogen-bond acceptors (Lipinski definition) is 3. The van der Waals surface area contributed by atoms with Gasteiger partial charge in [-0.15, -0.1) is 11.3 Å². The predicted molar refractivity (Wildman–Crippen MR) is 128 cm³/mol. The third-order valence-electron chi connectivity index (χ3n) is 6.32. The molecule has 1 fully saturated rings. The van der Waals surface area contributed by atoms with Gasteiger partial charge in [-0.25, -0.2) is 0 Å². The lowest BCUT2D eigenvalue weighted by Crippen LogP contribution is -2.47. The first-order valence-electron chi connectivity index (χ1n) is 11.0. The Kier molecular flexibility index (Phi) is 5.78. The molecule has 1 aliphatic heterocycles. The average molecular weight is 465 g/mol. The molecule has 0 bridgehead atoms. The van der Waals surface area contributed by atoms with Crippen LogP contribution in [0, 0.1) is 6.92 Å². The summed E-state index contributed by atoms with van der Waals surface area (Å²) < 4.78 is 0. The van der Waals surface area contributed by atoms with Crippen LogP contribution in [0.25, 0.3) is 0 Å². The van der Waals surface area contributed by atoms with E-state index >= 15 is 0 Å². The fourth-order valence-corrected chi connectivity index (χ4v) is 5.47. The van der Waals surface area contributed by atoms with Gasteiger partial charge in [-0.3, -0.25) is 9.59 Å². The number of rotatable bonds is 5. The van der Waals surface area contributed by atoms with E-state index in [0.717, 1.165) is 24.8 Å². The maximum Gasteiger partial charge on any atom is 0.254 e. The fourth-order valence-electron chi connectivity index (χ4n) is 4.44. The van der Waals surface area contributed by atoms with E-state index in [1.807, 2.05) is 4.90 Å². The molecule has 0 spiro atoms. The minimum Gasteiger partial charge on any atom is -0.330 e. The zero-order valence-electron chi connectivity index (χ0n) is 18.0. The third-order valence-corrected chi connectivity index (χ3v) is 7.57. The number of halogens is 1. The van der Waals surface area contributed by atoms with E-state index in [-0.39, 0.29) is 30.4 Å². The van der Waals surface area contributed by atoms with Crippen molar-refractivity contribution in [2.75, 3.05) is 13.1 Å². The Morgan fingerprint density at radius 3 is 2.47 bits per heavy atom. The predicted octanol–water partition coefficient (Wildman–Crippen LogP) is 5.49.